The van der Waals surface area contributed by atoms with E-state index < -0.39 is 17.8 Å². The van der Waals surface area contributed by atoms with Crippen LogP contribution in [0.25, 0.3) is 0 Å². The summed E-state index contributed by atoms with van der Waals surface area (Å²) in [4.78, 5) is 12.3. The molecule has 0 unspecified atom stereocenters. The highest BCUT2D eigenvalue weighted by atomic mass is 19.4. The summed E-state index contributed by atoms with van der Waals surface area (Å²) in [5.74, 6) is 1.57. The summed E-state index contributed by atoms with van der Waals surface area (Å²) in [6.07, 6.45) is -4.44. The third kappa shape index (κ3) is 6.21. The van der Waals surface area contributed by atoms with Crippen molar-refractivity contribution < 1.29 is 27.8 Å². The lowest BCUT2D eigenvalue weighted by atomic mass is 10.0. The van der Waals surface area contributed by atoms with Gasteiger partial charge in [0.25, 0.3) is 0 Å². The third-order valence-electron chi connectivity index (χ3n) is 5.27. The number of amides is 2. The molecule has 0 aromatic heterocycles. The Balaban J connectivity index is 1.67. The number of halogens is 3. The Labute approximate surface area is 196 Å². The summed E-state index contributed by atoms with van der Waals surface area (Å²) in [5, 5.41) is 15.3. The normalized spacial score (nSPS) is 11.4. The fourth-order valence-corrected chi connectivity index (χ4v) is 3.58. The number of nitrogens with one attached hydrogen (secondary N) is 2. The number of benzene rings is 3. The first-order valence-corrected chi connectivity index (χ1v) is 10.8. The number of ether oxygens (including phenoxy) is 1. The maximum atomic E-state index is 12.9. The van der Waals surface area contributed by atoms with Crippen molar-refractivity contribution in [3.63, 3.8) is 0 Å². The minimum absolute atomic E-state index is 0.0477. The molecule has 0 aliphatic rings. The SMILES string of the molecule is Cc1cc(NC(=O)NCc2cccc(C(F)(F)F)c2)cc(C)c1Oc1ccc(O)c(C(C)C)c1. The number of aryl methyl sites for hydroxylation is 2. The topological polar surface area (TPSA) is 70.6 Å². The fourth-order valence-electron chi connectivity index (χ4n) is 3.58. The number of urea groups is 1. The van der Waals surface area contributed by atoms with Gasteiger partial charge in [-0.2, -0.15) is 13.2 Å². The van der Waals surface area contributed by atoms with Crippen molar-refractivity contribution in [1.29, 1.82) is 0 Å². The van der Waals surface area contributed by atoms with E-state index in [1.165, 1.54) is 12.1 Å². The van der Waals surface area contributed by atoms with Crippen molar-refractivity contribution in [3.05, 3.63) is 82.4 Å². The van der Waals surface area contributed by atoms with Crippen LogP contribution in [0.15, 0.2) is 54.6 Å². The number of hydrogen-bond donors (Lipinski definition) is 3. The van der Waals surface area contributed by atoms with Crippen LogP contribution in [0.5, 0.6) is 17.2 Å². The summed E-state index contributed by atoms with van der Waals surface area (Å²) >= 11 is 0. The van der Waals surface area contributed by atoms with Gasteiger partial charge in [-0.15, -0.1) is 0 Å². The van der Waals surface area contributed by atoms with Gasteiger partial charge in [-0.25, -0.2) is 4.79 Å². The first-order chi connectivity index (χ1) is 15.9. The minimum Gasteiger partial charge on any atom is -0.508 e. The lowest BCUT2D eigenvalue weighted by Crippen LogP contribution is -2.28. The first-order valence-electron chi connectivity index (χ1n) is 10.8. The second kappa shape index (κ2) is 10.1. The van der Waals surface area contributed by atoms with E-state index in [9.17, 15) is 23.1 Å². The predicted molar refractivity (Wildman–Crippen MR) is 125 cm³/mol. The van der Waals surface area contributed by atoms with Crippen LogP contribution in [-0.2, 0) is 12.7 Å². The number of carbonyl (C=O) groups excluding carboxylic acids is 1. The van der Waals surface area contributed by atoms with Crippen LogP contribution in [0.3, 0.4) is 0 Å². The Hall–Kier alpha value is -3.68. The third-order valence-corrected chi connectivity index (χ3v) is 5.27. The largest absolute Gasteiger partial charge is 0.508 e. The Morgan fingerprint density at radius 2 is 1.71 bits per heavy atom. The molecule has 0 fully saturated rings. The van der Waals surface area contributed by atoms with Gasteiger partial charge in [0.15, 0.2) is 0 Å². The lowest BCUT2D eigenvalue weighted by Gasteiger charge is -2.16. The predicted octanol–water partition coefficient (Wildman–Crippen LogP) is 7.27. The molecule has 8 heteroatoms. The average Bonchev–Trinajstić information content (AvgIpc) is 2.75. The molecule has 0 atom stereocenters. The molecule has 0 spiro atoms. The van der Waals surface area contributed by atoms with E-state index in [1.807, 2.05) is 27.7 Å². The molecule has 0 heterocycles. The zero-order valence-corrected chi connectivity index (χ0v) is 19.4. The summed E-state index contributed by atoms with van der Waals surface area (Å²) in [7, 11) is 0. The zero-order chi connectivity index (χ0) is 25.0. The first kappa shape index (κ1) is 25.0. The van der Waals surface area contributed by atoms with E-state index in [0.29, 0.717) is 22.7 Å². The molecule has 0 saturated carbocycles. The van der Waals surface area contributed by atoms with Crippen molar-refractivity contribution in [1.82, 2.24) is 5.32 Å². The minimum atomic E-state index is -4.44. The summed E-state index contributed by atoms with van der Waals surface area (Å²) in [5.41, 5.74) is 2.46. The number of carbonyl (C=O) groups is 1. The van der Waals surface area contributed by atoms with Crippen molar-refractivity contribution >= 4 is 11.7 Å². The van der Waals surface area contributed by atoms with Gasteiger partial charge in [0.1, 0.15) is 17.2 Å². The number of phenolic OH excluding ortho intramolecular Hbond substituents is 1. The van der Waals surface area contributed by atoms with Crippen LogP contribution >= 0.6 is 0 Å². The smallest absolute Gasteiger partial charge is 0.416 e. The van der Waals surface area contributed by atoms with Gasteiger partial charge < -0.3 is 20.5 Å². The number of anilines is 1. The van der Waals surface area contributed by atoms with Crippen molar-refractivity contribution in [2.45, 2.75) is 46.3 Å². The molecule has 5 nitrogen and oxygen atoms in total. The second-order valence-corrected chi connectivity index (χ2v) is 8.42. The van der Waals surface area contributed by atoms with Gasteiger partial charge in [-0.05, 0) is 78.9 Å². The standard InChI is InChI=1S/C26H27F3N2O3/c1-15(2)22-13-21(8-9-23(22)32)34-24-16(3)10-20(11-17(24)4)31-25(33)30-14-18-6-5-7-19(12-18)26(27,28)29/h5-13,15,32H,14H2,1-4H3,(H2,30,31,33). The van der Waals surface area contributed by atoms with Crippen LogP contribution in [0.1, 0.15) is 47.6 Å². The number of hydrogen-bond acceptors (Lipinski definition) is 3. The molecular weight excluding hydrogens is 445 g/mol. The van der Waals surface area contributed by atoms with Gasteiger partial charge in [-0.3, -0.25) is 0 Å². The molecule has 0 aliphatic heterocycles. The van der Waals surface area contributed by atoms with E-state index in [4.69, 9.17) is 4.74 Å². The molecule has 3 rings (SSSR count). The van der Waals surface area contributed by atoms with E-state index >= 15 is 0 Å². The molecular formula is C26H27F3N2O3. The molecule has 3 aromatic rings. The molecule has 34 heavy (non-hydrogen) atoms. The summed E-state index contributed by atoms with van der Waals surface area (Å²) in [6, 6.07) is 12.9. The molecule has 2 amide bonds. The van der Waals surface area contributed by atoms with Crippen molar-refractivity contribution in [3.8, 4) is 17.2 Å². The summed E-state index contributed by atoms with van der Waals surface area (Å²) < 4.78 is 44.6. The second-order valence-electron chi connectivity index (χ2n) is 8.42. The van der Waals surface area contributed by atoms with Gasteiger partial charge in [0.05, 0.1) is 5.56 Å². The number of alkyl halides is 3. The quantitative estimate of drug-likeness (QED) is 0.353. The van der Waals surface area contributed by atoms with Crippen molar-refractivity contribution in [2.24, 2.45) is 0 Å². The van der Waals surface area contributed by atoms with Crippen LogP contribution in [0.4, 0.5) is 23.7 Å². The molecule has 0 aliphatic carbocycles. The maximum absolute atomic E-state index is 12.9. The van der Waals surface area contributed by atoms with E-state index in [-0.39, 0.29) is 18.2 Å². The number of phenols is 1. The van der Waals surface area contributed by atoms with Gasteiger partial charge >= 0.3 is 12.2 Å². The zero-order valence-electron chi connectivity index (χ0n) is 19.4. The van der Waals surface area contributed by atoms with Crippen molar-refractivity contribution in [2.75, 3.05) is 5.32 Å². The highest BCUT2D eigenvalue weighted by Gasteiger charge is 2.30. The number of rotatable bonds is 6. The van der Waals surface area contributed by atoms with Gasteiger partial charge in [0, 0.05) is 17.8 Å². The monoisotopic (exact) mass is 472 g/mol. The molecule has 3 N–H and O–H groups in total. The Morgan fingerprint density at radius 3 is 2.32 bits per heavy atom. The molecule has 0 bridgehead atoms. The van der Waals surface area contributed by atoms with Crippen LogP contribution in [0.2, 0.25) is 0 Å². The molecule has 0 saturated heterocycles. The Bertz CT molecular complexity index is 1170. The number of aromatic hydroxyl groups is 1. The maximum Gasteiger partial charge on any atom is 0.416 e. The van der Waals surface area contributed by atoms with Crippen LogP contribution in [-0.4, -0.2) is 11.1 Å². The van der Waals surface area contributed by atoms with E-state index in [2.05, 4.69) is 10.6 Å². The van der Waals surface area contributed by atoms with Crippen LogP contribution < -0.4 is 15.4 Å². The van der Waals surface area contributed by atoms with E-state index in [1.54, 1.807) is 30.3 Å². The molecule has 0 radical (unpaired) electrons. The average molecular weight is 473 g/mol. The van der Waals surface area contributed by atoms with E-state index in [0.717, 1.165) is 28.8 Å². The molecule has 3 aromatic carbocycles. The highest BCUT2D eigenvalue weighted by Crippen LogP contribution is 2.35. The Morgan fingerprint density at radius 1 is 1.03 bits per heavy atom. The fraction of sp³-hybridized carbons (Fsp3) is 0.269. The Kier molecular flexibility index (Phi) is 7.39. The van der Waals surface area contributed by atoms with Gasteiger partial charge in [0.2, 0.25) is 0 Å². The van der Waals surface area contributed by atoms with Crippen LogP contribution in [0, 0.1) is 13.8 Å². The molecule has 180 valence electrons. The lowest BCUT2D eigenvalue weighted by molar-refractivity contribution is -0.137. The summed E-state index contributed by atoms with van der Waals surface area (Å²) in [6.45, 7) is 7.60. The highest BCUT2D eigenvalue weighted by molar-refractivity contribution is 5.89. The van der Waals surface area contributed by atoms with Gasteiger partial charge in [-0.1, -0.05) is 26.0 Å².